The molecule has 2 aliphatic heterocycles. The van der Waals surface area contributed by atoms with Crippen molar-refractivity contribution in [3.63, 3.8) is 0 Å². The number of oxime groups is 2. The van der Waals surface area contributed by atoms with Crippen molar-refractivity contribution in [1.29, 1.82) is 0 Å². The zero-order valence-corrected chi connectivity index (χ0v) is 33.8. The van der Waals surface area contributed by atoms with Gasteiger partial charge in [0.1, 0.15) is 48.1 Å². The van der Waals surface area contributed by atoms with Crippen LogP contribution in [0, 0.1) is 5.41 Å². The Hall–Kier alpha value is -6.51. The van der Waals surface area contributed by atoms with Gasteiger partial charge < -0.3 is 34.6 Å². The van der Waals surface area contributed by atoms with Gasteiger partial charge in [-0.1, -0.05) is 121 Å². The van der Waals surface area contributed by atoms with E-state index in [0.29, 0.717) is 67.5 Å². The second kappa shape index (κ2) is 15.1. The minimum atomic E-state index is -1.43. The molecule has 0 spiro atoms. The fourth-order valence-electron chi connectivity index (χ4n) is 7.00. The Kier molecular flexibility index (Phi) is 9.66. The summed E-state index contributed by atoms with van der Waals surface area (Å²) < 4.78 is 7.52. The molecule has 9 rings (SSSR count). The highest BCUT2D eigenvalue weighted by molar-refractivity contribution is 9.10. The Labute approximate surface area is 347 Å². The molecule has 288 valence electrons. The lowest BCUT2D eigenvalue weighted by atomic mass is 9.93. The molecule has 2 aromatic heterocycles. The number of halogens is 2. The van der Waals surface area contributed by atoms with Gasteiger partial charge in [-0.3, -0.25) is 4.79 Å². The lowest BCUT2D eigenvalue weighted by Gasteiger charge is -2.24. The average Bonchev–Trinajstić information content (AvgIpc) is 3.95. The van der Waals surface area contributed by atoms with Crippen LogP contribution >= 0.6 is 31.9 Å². The Morgan fingerprint density at radius 1 is 0.672 bits per heavy atom. The summed E-state index contributed by atoms with van der Waals surface area (Å²) in [5.74, 6) is -0.739. The van der Waals surface area contributed by atoms with E-state index in [4.69, 9.17) is 24.4 Å². The molecule has 0 bridgehead atoms. The van der Waals surface area contributed by atoms with Crippen LogP contribution < -0.4 is 0 Å². The molecular weight excluding hydrogens is 868 g/mol. The van der Waals surface area contributed by atoms with E-state index in [1.165, 1.54) is 0 Å². The van der Waals surface area contributed by atoms with Crippen LogP contribution in [0.1, 0.15) is 34.7 Å². The van der Waals surface area contributed by atoms with Crippen molar-refractivity contribution in [2.75, 3.05) is 13.2 Å². The number of aromatic hydroxyl groups is 2. The highest BCUT2D eigenvalue weighted by Gasteiger charge is 2.39. The van der Waals surface area contributed by atoms with Crippen molar-refractivity contribution in [3.8, 4) is 11.8 Å². The number of carbonyl (C=O) groups excluding carboxylic acids is 1. The quantitative estimate of drug-likeness (QED) is 0.0746. The molecular formula is C44H32Br2N6O6. The number of nitrogens with one attached hydrogen (secondary N) is 2. The molecule has 0 atom stereocenters. The van der Waals surface area contributed by atoms with E-state index in [-0.39, 0.29) is 31.6 Å². The van der Waals surface area contributed by atoms with E-state index in [1.807, 2.05) is 115 Å². The van der Waals surface area contributed by atoms with E-state index in [2.05, 4.69) is 52.1 Å². The van der Waals surface area contributed by atoms with Gasteiger partial charge in [0.15, 0.2) is 11.8 Å². The number of ether oxygens (including phenoxy) is 1. The van der Waals surface area contributed by atoms with Gasteiger partial charge in [-0.2, -0.15) is 0 Å². The standard InChI is InChI=1S/C44H32Br2N6O6/c1-44(43(55)56-21-24-9-3-2-4-10-24,22-57-51-37-29-11-5-7-13-31(29)47-39(37)35-27-17-15-25(45)19-33(27)49-41(35)53)23-58-52-38-30-12-6-8-14-32(30)48-40(38)36-28-18-16-26(46)20-34(28)50-42(36)54/h2-20,49-50,53-54H,21-23H2,1H3. The molecule has 0 fully saturated rings. The molecule has 0 amide bonds. The van der Waals surface area contributed by atoms with Crippen molar-refractivity contribution in [1.82, 2.24) is 9.97 Å². The van der Waals surface area contributed by atoms with Gasteiger partial charge in [0, 0.05) is 30.8 Å². The summed E-state index contributed by atoms with van der Waals surface area (Å²) in [6.45, 7) is 1.14. The zero-order valence-electron chi connectivity index (χ0n) is 30.7. The summed E-state index contributed by atoms with van der Waals surface area (Å²) in [7, 11) is 0. The first-order chi connectivity index (χ1) is 28.2. The number of carbonyl (C=O) groups is 1. The van der Waals surface area contributed by atoms with Crippen molar-refractivity contribution in [2.24, 2.45) is 25.7 Å². The van der Waals surface area contributed by atoms with Crippen LogP contribution in [0.5, 0.6) is 11.8 Å². The molecule has 2 aliphatic rings. The summed E-state index contributed by atoms with van der Waals surface area (Å²) in [6.07, 6.45) is 0. The van der Waals surface area contributed by atoms with Crippen LogP contribution in [0.25, 0.3) is 21.8 Å². The normalized spacial score (nSPS) is 15.6. The van der Waals surface area contributed by atoms with Crippen LogP contribution in [0.15, 0.2) is 145 Å². The molecule has 14 heteroatoms. The van der Waals surface area contributed by atoms with Gasteiger partial charge in [0.05, 0.1) is 33.5 Å². The number of fused-ring (bicyclic) bond motifs is 4. The molecule has 0 saturated carbocycles. The molecule has 0 saturated heterocycles. The number of aromatic nitrogens is 2. The van der Waals surface area contributed by atoms with Gasteiger partial charge in [-0.15, -0.1) is 0 Å². The van der Waals surface area contributed by atoms with Crippen LogP contribution in [0.4, 0.5) is 11.4 Å². The smallest absolute Gasteiger partial charge is 0.319 e. The minimum absolute atomic E-state index is 0.0264. The predicted molar refractivity (Wildman–Crippen MR) is 230 cm³/mol. The van der Waals surface area contributed by atoms with Crippen LogP contribution in [-0.2, 0) is 25.8 Å². The van der Waals surface area contributed by atoms with Gasteiger partial charge in [-0.05, 0) is 48.9 Å². The fourth-order valence-corrected chi connectivity index (χ4v) is 7.73. The molecule has 12 nitrogen and oxygen atoms in total. The summed E-state index contributed by atoms with van der Waals surface area (Å²) in [5.41, 5.74) is 5.98. The summed E-state index contributed by atoms with van der Waals surface area (Å²) in [5, 5.41) is 32.8. The van der Waals surface area contributed by atoms with Gasteiger partial charge in [-0.25, -0.2) is 9.98 Å². The van der Waals surface area contributed by atoms with Gasteiger partial charge >= 0.3 is 5.97 Å². The molecule has 0 radical (unpaired) electrons. The number of hydrogen-bond donors (Lipinski definition) is 4. The van der Waals surface area contributed by atoms with Crippen LogP contribution in [0.3, 0.4) is 0 Å². The van der Waals surface area contributed by atoms with Crippen molar-refractivity contribution < 1.29 is 29.4 Å². The van der Waals surface area contributed by atoms with Crippen molar-refractivity contribution >= 4 is 93.9 Å². The lowest BCUT2D eigenvalue weighted by Crippen LogP contribution is -2.38. The molecule has 4 N–H and O–H groups in total. The maximum atomic E-state index is 14.0. The third kappa shape index (κ3) is 6.83. The monoisotopic (exact) mass is 898 g/mol. The first kappa shape index (κ1) is 37.1. The number of H-pyrrole nitrogens is 2. The molecule has 0 unspecified atom stereocenters. The fraction of sp³-hybridized carbons (Fsp3) is 0.114. The average molecular weight is 901 g/mol. The number of esters is 1. The number of hydrogen-bond acceptors (Lipinski definition) is 10. The highest BCUT2D eigenvalue weighted by Crippen LogP contribution is 2.38. The number of rotatable bonds is 11. The van der Waals surface area contributed by atoms with E-state index >= 15 is 0 Å². The number of benzene rings is 5. The van der Waals surface area contributed by atoms with E-state index in [1.54, 1.807) is 6.92 Å². The Morgan fingerprint density at radius 2 is 1.14 bits per heavy atom. The van der Waals surface area contributed by atoms with Gasteiger partial charge in [0.25, 0.3) is 0 Å². The van der Waals surface area contributed by atoms with Crippen molar-refractivity contribution in [2.45, 2.75) is 13.5 Å². The number of para-hydroxylation sites is 2. The largest absolute Gasteiger partial charge is 0.494 e. The molecule has 4 heterocycles. The SMILES string of the molecule is CC(CON=C1C(c2c(O)[nH]c3cc(Br)ccc23)=Nc2ccccc21)(CON=C1C(c2c(O)[nH]c3cc(Br)ccc23)=Nc2ccccc21)C(=O)OCc1ccccc1. The van der Waals surface area contributed by atoms with E-state index < -0.39 is 11.4 Å². The zero-order chi connectivity index (χ0) is 40.0. The molecule has 7 aromatic rings. The molecule has 0 aliphatic carbocycles. The Balaban J connectivity index is 1.03. The minimum Gasteiger partial charge on any atom is -0.494 e. The highest BCUT2D eigenvalue weighted by atomic mass is 79.9. The second-order valence-electron chi connectivity index (χ2n) is 14.1. The third-order valence-corrected chi connectivity index (χ3v) is 11.0. The van der Waals surface area contributed by atoms with E-state index in [9.17, 15) is 15.0 Å². The van der Waals surface area contributed by atoms with Crippen molar-refractivity contribution in [3.05, 3.63) is 152 Å². The lowest BCUT2D eigenvalue weighted by molar-refractivity contribution is -0.165. The maximum absolute atomic E-state index is 14.0. The van der Waals surface area contributed by atoms with Crippen LogP contribution in [0.2, 0.25) is 0 Å². The first-order valence-corrected chi connectivity index (χ1v) is 19.7. The second-order valence-corrected chi connectivity index (χ2v) is 15.9. The number of nitrogens with zero attached hydrogens (tertiary/aromatic N) is 4. The predicted octanol–water partition coefficient (Wildman–Crippen LogP) is 9.75. The summed E-state index contributed by atoms with van der Waals surface area (Å²) >= 11 is 6.99. The number of aromatic amines is 2. The summed E-state index contributed by atoms with van der Waals surface area (Å²) in [6, 6.07) is 35.5. The molecule has 58 heavy (non-hydrogen) atoms. The summed E-state index contributed by atoms with van der Waals surface area (Å²) in [4.78, 5) is 41.9. The topological polar surface area (TPSA) is 166 Å². The maximum Gasteiger partial charge on any atom is 0.319 e. The Morgan fingerprint density at radius 3 is 1.64 bits per heavy atom. The first-order valence-electron chi connectivity index (χ1n) is 18.2. The Bertz CT molecular complexity index is 2730. The third-order valence-electron chi connectivity index (χ3n) is 9.97. The van der Waals surface area contributed by atoms with Gasteiger partial charge in [0.2, 0.25) is 0 Å². The molecule has 5 aromatic carbocycles. The number of aliphatic imine (C=N–C) groups is 2. The van der Waals surface area contributed by atoms with E-state index in [0.717, 1.165) is 25.3 Å². The van der Waals surface area contributed by atoms with Crippen LogP contribution in [-0.4, -0.2) is 62.2 Å².